The van der Waals surface area contributed by atoms with E-state index in [9.17, 15) is 23.1 Å². The van der Waals surface area contributed by atoms with Gasteiger partial charge in [0.15, 0.2) is 5.13 Å². The molecule has 2 N–H and O–H groups in total. The fourth-order valence-corrected chi connectivity index (χ4v) is 8.50. The summed E-state index contributed by atoms with van der Waals surface area (Å²) >= 11 is 9.98. The molecule has 2 unspecified atom stereocenters. The number of thiazole rings is 1. The Morgan fingerprint density at radius 2 is 1.95 bits per heavy atom. The average molecular weight is 622 g/mol. The topological polar surface area (TPSA) is 126 Å². The van der Waals surface area contributed by atoms with Crippen molar-refractivity contribution in [3.63, 3.8) is 0 Å². The molecule has 0 aliphatic carbocycles. The van der Waals surface area contributed by atoms with E-state index in [1.165, 1.54) is 48.4 Å². The van der Waals surface area contributed by atoms with Gasteiger partial charge in [0.2, 0.25) is 5.91 Å². The number of carboxylic acids is 1. The van der Waals surface area contributed by atoms with Gasteiger partial charge in [0.05, 0.1) is 34.4 Å². The minimum Gasteiger partial charge on any atom is -0.495 e. The number of anilines is 2. The van der Waals surface area contributed by atoms with Gasteiger partial charge in [-0.15, -0.1) is 34.4 Å². The van der Waals surface area contributed by atoms with Crippen molar-refractivity contribution >= 4 is 78.8 Å². The van der Waals surface area contributed by atoms with Gasteiger partial charge in [0, 0.05) is 27.6 Å². The molecule has 1 aliphatic rings. The van der Waals surface area contributed by atoms with Crippen LogP contribution in [0.2, 0.25) is 5.02 Å². The summed E-state index contributed by atoms with van der Waals surface area (Å²) in [5, 5.41) is 12.4. The Morgan fingerprint density at radius 3 is 2.62 bits per heavy atom. The first kappa shape index (κ1) is 27.5. The lowest BCUT2D eigenvalue weighted by Crippen LogP contribution is -2.31. The number of thioether (sulfide) groups is 1. The van der Waals surface area contributed by atoms with Gasteiger partial charge in [-0.2, -0.15) is 0 Å². The number of nitrogens with one attached hydrogen (secondary N) is 1. The van der Waals surface area contributed by atoms with Crippen LogP contribution >= 0.6 is 46.0 Å². The number of methoxy groups -OCH3 is 1. The van der Waals surface area contributed by atoms with Gasteiger partial charge >= 0.3 is 5.97 Å². The first-order valence-electron chi connectivity index (χ1n) is 11.3. The summed E-state index contributed by atoms with van der Waals surface area (Å²) in [4.78, 5) is 31.5. The quantitative estimate of drug-likeness (QED) is 0.235. The van der Waals surface area contributed by atoms with Crippen LogP contribution in [0, 0.1) is 0 Å². The SMILES string of the molecule is COc1cc(S(=O)(=O)Nc2nc(-c3ccc(N4C(=O)C(CC(=O)O)SC4c4cccs4)cc3)cs2)ccc1Cl. The number of amides is 1. The zero-order chi connectivity index (χ0) is 27.7. The molecule has 14 heteroatoms. The molecule has 1 fully saturated rings. The van der Waals surface area contributed by atoms with E-state index in [0.29, 0.717) is 16.4 Å². The number of hydrogen-bond donors (Lipinski definition) is 2. The third-order valence-electron chi connectivity index (χ3n) is 5.79. The van der Waals surface area contributed by atoms with Crippen LogP contribution in [0.25, 0.3) is 11.3 Å². The Morgan fingerprint density at radius 1 is 1.18 bits per heavy atom. The zero-order valence-electron chi connectivity index (χ0n) is 20.1. The number of thiophene rings is 1. The fourth-order valence-electron chi connectivity index (χ4n) is 3.96. The van der Waals surface area contributed by atoms with E-state index in [1.54, 1.807) is 34.5 Å². The van der Waals surface area contributed by atoms with Crippen molar-refractivity contribution < 1.29 is 27.9 Å². The van der Waals surface area contributed by atoms with Gasteiger partial charge in [-0.25, -0.2) is 13.4 Å². The van der Waals surface area contributed by atoms with E-state index in [2.05, 4.69) is 9.71 Å². The zero-order valence-corrected chi connectivity index (χ0v) is 24.1. The second-order valence-corrected chi connectivity index (χ2v) is 13.5. The van der Waals surface area contributed by atoms with Gasteiger partial charge in [-0.05, 0) is 35.7 Å². The highest BCUT2D eigenvalue weighted by Gasteiger charge is 2.43. The fraction of sp³-hybridized carbons (Fsp3) is 0.160. The molecule has 0 radical (unpaired) electrons. The van der Waals surface area contributed by atoms with Crippen LogP contribution in [0.4, 0.5) is 10.8 Å². The summed E-state index contributed by atoms with van der Waals surface area (Å²) in [7, 11) is -2.52. The highest BCUT2D eigenvalue weighted by molar-refractivity contribution is 8.01. The van der Waals surface area contributed by atoms with Crippen LogP contribution in [-0.2, 0) is 19.6 Å². The van der Waals surface area contributed by atoms with Crippen LogP contribution in [0.5, 0.6) is 5.75 Å². The summed E-state index contributed by atoms with van der Waals surface area (Å²) in [5.74, 6) is -1.03. The van der Waals surface area contributed by atoms with Gasteiger partial charge in [0.1, 0.15) is 11.1 Å². The Bertz CT molecular complexity index is 1620. The molecule has 202 valence electrons. The Hall–Kier alpha value is -3.10. The number of carboxylic acid groups (broad SMARTS) is 1. The Balaban J connectivity index is 1.36. The second kappa shape index (κ2) is 11.2. The highest BCUT2D eigenvalue weighted by atomic mass is 35.5. The third kappa shape index (κ3) is 5.77. The van der Waals surface area contributed by atoms with Gasteiger partial charge in [-0.1, -0.05) is 29.8 Å². The van der Waals surface area contributed by atoms with Crippen molar-refractivity contribution in [1.82, 2.24) is 4.98 Å². The lowest BCUT2D eigenvalue weighted by atomic mass is 10.1. The van der Waals surface area contributed by atoms with E-state index in [-0.39, 0.29) is 33.5 Å². The van der Waals surface area contributed by atoms with Crippen molar-refractivity contribution in [1.29, 1.82) is 0 Å². The van der Waals surface area contributed by atoms with Crippen LogP contribution in [0.15, 0.2) is 70.3 Å². The van der Waals surface area contributed by atoms with Gasteiger partial charge in [-0.3, -0.25) is 19.2 Å². The molecule has 4 aromatic rings. The summed E-state index contributed by atoms with van der Waals surface area (Å²) in [5.41, 5.74) is 1.91. The molecule has 0 saturated carbocycles. The van der Waals surface area contributed by atoms with E-state index in [4.69, 9.17) is 16.3 Å². The van der Waals surface area contributed by atoms with E-state index in [1.807, 2.05) is 17.5 Å². The molecule has 1 amide bonds. The molecule has 2 atom stereocenters. The van der Waals surface area contributed by atoms with Crippen molar-refractivity contribution in [2.45, 2.75) is 21.9 Å². The maximum absolute atomic E-state index is 13.2. The number of nitrogens with zero attached hydrogens (tertiary/aromatic N) is 2. The molecule has 39 heavy (non-hydrogen) atoms. The Labute approximate surface area is 241 Å². The van der Waals surface area contributed by atoms with Crippen LogP contribution in [-0.4, -0.2) is 42.7 Å². The predicted molar refractivity (Wildman–Crippen MR) is 155 cm³/mol. The monoisotopic (exact) mass is 621 g/mol. The van der Waals surface area contributed by atoms with Gasteiger partial charge in [0.25, 0.3) is 10.0 Å². The van der Waals surface area contributed by atoms with E-state index in [0.717, 1.165) is 21.8 Å². The molecule has 2 aromatic carbocycles. The third-order valence-corrected chi connectivity index (χ3v) is 10.8. The maximum Gasteiger partial charge on any atom is 0.305 e. The summed E-state index contributed by atoms with van der Waals surface area (Å²) in [6.07, 6.45) is -0.250. The number of carbonyl (C=O) groups is 2. The molecular weight excluding hydrogens is 602 g/mol. The van der Waals surface area contributed by atoms with Crippen LogP contribution < -0.4 is 14.4 Å². The number of hydrogen-bond acceptors (Lipinski definition) is 9. The summed E-state index contributed by atoms with van der Waals surface area (Å²) in [6.45, 7) is 0. The Kier molecular flexibility index (Phi) is 7.87. The molecule has 1 saturated heterocycles. The number of benzene rings is 2. The molecule has 0 spiro atoms. The normalized spacial score (nSPS) is 17.4. The molecule has 2 aromatic heterocycles. The van der Waals surface area contributed by atoms with E-state index < -0.39 is 21.2 Å². The van der Waals surface area contributed by atoms with Crippen molar-refractivity contribution in [2.75, 3.05) is 16.7 Å². The predicted octanol–water partition coefficient (Wildman–Crippen LogP) is 5.96. The standard InChI is InChI=1S/C25H20ClN3O6S4/c1-35-19-11-16(8-9-17(19)26)39(33,34)28-25-27-18(13-37-25)14-4-6-15(7-5-14)29-23(32)21(12-22(30)31)38-24(29)20-3-2-10-36-20/h2-11,13,21,24H,12H2,1H3,(H,27,28)(H,30,31). The first-order valence-corrected chi connectivity index (χ1v) is 15.9. The minimum atomic E-state index is -3.93. The number of ether oxygens (including phenoxy) is 1. The lowest BCUT2D eigenvalue weighted by molar-refractivity contribution is -0.138. The van der Waals surface area contributed by atoms with Crippen molar-refractivity contribution in [2.24, 2.45) is 0 Å². The van der Waals surface area contributed by atoms with Crippen LogP contribution in [0.1, 0.15) is 16.7 Å². The highest BCUT2D eigenvalue weighted by Crippen LogP contribution is 2.48. The van der Waals surface area contributed by atoms with Gasteiger partial charge < -0.3 is 9.84 Å². The van der Waals surface area contributed by atoms with Crippen molar-refractivity contribution in [3.05, 3.63) is 75.3 Å². The second-order valence-electron chi connectivity index (χ2n) is 8.29. The molecule has 3 heterocycles. The number of aliphatic carboxylic acids is 1. The smallest absolute Gasteiger partial charge is 0.305 e. The molecule has 1 aliphatic heterocycles. The maximum atomic E-state index is 13.2. The lowest BCUT2D eigenvalue weighted by Gasteiger charge is -2.23. The molecular formula is C25H20ClN3O6S4. The number of rotatable bonds is 9. The average Bonchev–Trinajstić information content (AvgIpc) is 3.65. The molecule has 0 bridgehead atoms. The number of carbonyl (C=O) groups excluding carboxylic acids is 1. The molecule has 5 rings (SSSR count). The summed E-state index contributed by atoms with van der Waals surface area (Å²) < 4.78 is 33.3. The first-order chi connectivity index (χ1) is 18.7. The molecule has 9 nitrogen and oxygen atoms in total. The summed E-state index contributed by atoms with van der Waals surface area (Å²) in [6, 6.07) is 15.1. The minimum absolute atomic E-state index is 0.0144. The number of sulfonamides is 1. The number of halogens is 1. The number of aromatic nitrogens is 1. The van der Waals surface area contributed by atoms with Crippen LogP contribution in [0.3, 0.4) is 0 Å². The van der Waals surface area contributed by atoms with Crippen molar-refractivity contribution in [3.8, 4) is 17.0 Å². The van der Waals surface area contributed by atoms with E-state index >= 15 is 0 Å². The largest absolute Gasteiger partial charge is 0.495 e.